The molecule has 3 aromatic carbocycles. The van der Waals surface area contributed by atoms with Crippen molar-refractivity contribution in [3.05, 3.63) is 131 Å². The third-order valence-electron chi connectivity index (χ3n) is 4.99. The fourth-order valence-corrected chi connectivity index (χ4v) is 4.44. The van der Waals surface area contributed by atoms with Gasteiger partial charge in [-0.05, 0) is 55.0 Å². The van der Waals surface area contributed by atoms with Crippen molar-refractivity contribution in [2.75, 3.05) is 0 Å². The van der Waals surface area contributed by atoms with E-state index < -0.39 is 16.1 Å². The number of aryl methyl sites for hydroxylation is 1. The second-order valence-electron chi connectivity index (χ2n) is 7.51. The highest BCUT2D eigenvalue weighted by molar-refractivity contribution is 7.89. The Labute approximate surface area is 194 Å². The summed E-state index contributed by atoms with van der Waals surface area (Å²) in [4.78, 5) is 0.180. The lowest BCUT2D eigenvalue weighted by Gasteiger charge is -2.17. The standard InChI is InChI=1S/C28H23NO3S/c1-22-14-18-26(19-15-22)33(30,31)29-28(27-13-8-20-32-27)25(21-24-11-6-3-7-12-24)17-16-23-9-4-2-5-10-23/h2-15,18-21,28-29H,1H3/b25-21+/t28-/m1/s1. The Hall–Kier alpha value is -3.85. The summed E-state index contributed by atoms with van der Waals surface area (Å²) >= 11 is 0. The fraction of sp³-hybridized carbons (Fsp3) is 0.0714. The van der Waals surface area contributed by atoms with E-state index in [1.165, 1.54) is 6.26 Å². The normalized spacial score (nSPS) is 12.6. The molecule has 1 heterocycles. The Bertz CT molecular complexity index is 1380. The summed E-state index contributed by atoms with van der Waals surface area (Å²) in [6, 6.07) is 28.6. The fourth-order valence-electron chi connectivity index (χ4n) is 3.26. The number of hydrogen-bond acceptors (Lipinski definition) is 3. The third-order valence-corrected chi connectivity index (χ3v) is 6.43. The summed E-state index contributed by atoms with van der Waals surface area (Å²) in [5.41, 5.74) is 3.28. The molecule has 0 saturated carbocycles. The first kappa shape index (κ1) is 22.3. The molecule has 0 fully saturated rings. The maximum atomic E-state index is 13.3. The highest BCUT2D eigenvalue weighted by Gasteiger charge is 2.26. The van der Waals surface area contributed by atoms with Gasteiger partial charge in [0.25, 0.3) is 0 Å². The minimum Gasteiger partial charge on any atom is -0.467 e. The number of sulfonamides is 1. The highest BCUT2D eigenvalue weighted by atomic mass is 32.2. The Morgan fingerprint density at radius 3 is 2.18 bits per heavy atom. The summed E-state index contributed by atoms with van der Waals surface area (Å²) in [5.74, 6) is 6.78. The van der Waals surface area contributed by atoms with Crippen LogP contribution >= 0.6 is 0 Å². The van der Waals surface area contributed by atoms with E-state index in [1.807, 2.05) is 73.7 Å². The quantitative estimate of drug-likeness (QED) is 0.379. The topological polar surface area (TPSA) is 59.3 Å². The SMILES string of the molecule is Cc1ccc(S(=O)(=O)N[C@H](/C(C#Cc2ccccc2)=C/c2ccccc2)c2ccco2)cc1. The molecular weight excluding hydrogens is 430 g/mol. The second kappa shape index (κ2) is 10.2. The molecule has 164 valence electrons. The number of rotatable bonds is 6. The maximum absolute atomic E-state index is 13.3. The van der Waals surface area contributed by atoms with Crippen molar-refractivity contribution in [1.29, 1.82) is 0 Å². The molecule has 1 atom stereocenters. The lowest BCUT2D eigenvalue weighted by Crippen LogP contribution is -2.29. The first-order chi connectivity index (χ1) is 16.0. The van der Waals surface area contributed by atoms with Gasteiger partial charge in [-0.15, -0.1) is 0 Å². The summed E-state index contributed by atoms with van der Waals surface area (Å²) in [6.45, 7) is 1.91. The summed E-state index contributed by atoms with van der Waals surface area (Å²) in [7, 11) is -3.84. The molecule has 0 saturated heterocycles. The van der Waals surface area contributed by atoms with Gasteiger partial charge in [0.2, 0.25) is 10.0 Å². The molecule has 0 spiro atoms. The Kier molecular flexibility index (Phi) is 6.89. The van der Waals surface area contributed by atoms with E-state index in [0.717, 1.165) is 16.7 Å². The van der Waals surface area contributed by atoms with Crippen molar-refractivity contribution in [3.8, 4) is 11.8 Å². The molecule has 0 aliphatic rings. The molecule has 0 amide bonds. The van der Waals surface area contributed by atoms with Gasteiger partial charge in [-0.2, -0.15) is 4.72 Å². The predicted octanol–water partition coefficient (Wildman–Crippen LogP) is 5.74. The Morgan fingerprint density at radius 2 is 1.55 bits per heavy atom. The van der Waals surface area contributed by atoms with Gasteiger partial charge in [0.05, 0.1) is 11.2 Å². The predicted molar refractivity (Wildman–Crippen MR) is 131 cm³/mol. The van der Waals surface area contributed by atoms with Crippen LogP contribution in [0.3, 0.4) is 0 Å². The van der Waals surface area contributed by atoms with Crippen LogP contribution in [-0.2, 0) is 10.0 Å². The van der Waals surface area contributed by atoms with Gasteiger partial charge in [0, 0.05) is 11.1 Å². The van der Waals surface area contributed by atoms with E-state index in [-0.39, 0.29) is 4.90 Å². The molecule has 4 aromatic rings. The van der Waals surface area contributed by atoms with Crippen molar-refractivity contribution < 1.29 is 12.8 Å². The van der Waals surface area contributed by atoms with Crippen molar-refractivity contribution in [2.45, 2.75) is 17.9 Å². The number of furan rings is 1. The molecule has 0 unspecified atom stereocenters. The van der Waals surface area contributed by atoms with Gasteiger partial charge >= 0.3 is 0 Å². The largest absolute Gasteiger partial charge is 0.467 e. The molecule has 0 aliphatic carbocycles. The molecule has 0 bridgehead atoms. The first-order valence-electron chi connectivity index (χ1n) is 10.5. The number of benzene rings is 3. The monoisotopic (exact) mass is 453 g/mol. The Morgan fingerprint density at radius 1 is 0.879 bits per heavy atom. The van der Waals surface area contributed by atoms with Gasteiger partial charge in [-0.1, -0.05) is 78.1 Å². The molecule has 1 N–H and O–H groups in total. The van der Waals surface area contributed by atoms with E-state index in [4.69, 9.17) is 4.42 Å². The van der Waals surface area contributed by atoms with Gasteiger partial charge in [0.15, 0.2) is 0 Å². The molecule has 4 rings (SSSR count). The van der Waals surface area contributed by atoms with E-state index in [1.54, 1.807) is 36.4 Å². The molecule has 4 nitrogen and oxygen atoms in total. The van der Waals surface area contributed by atoms with Crippen LogP contribution in [0.15, 0.2) is 118 Å². The van der Waals surface area contributed by atoms with E-state index >= 15 is 0 Å². The zero-order chi connectivity index (χ0) is 23.1. The lowest BCUT2D eigenvalue weighted by molar-refractivity contribution is 0.472. The van der Waals surface area contributed by atoms with E-state index in [9.17, 15) is 8.42 Å². The molecule has 0 aliphatic heterocycles. The van der Waals surface area contributed by atoms with Crippen molar-refractivity contribution in [3.63, 3.8) is 0 Å². The highest BCUT2D eigenvalue weighted by Crippen LogP contribution is 2.27. The number of nitrogens with one attached hydrogen (secondary N) is 1. The second-order valence-corrected chi connectivity index (χ2v) is 9.22. The van der Waals surface area contributed by atoms with Gasteiger partial charge in [0.1, 0.15) is 11.8 Å². The van der Waals surface area contributed by atoms with Crippen molar-refractivity contribution in [2.24, 2.45) is 0 Å². The van der Waals surface area contributed by atoms with Crippen molar-refractivity contribution >= 4 is 16.1 Å². The molecule has 1 aromatic heterocycles. The minimum atomic E-state index is -3.84. The van der Waals surface area contributed by atoms with Crippen molar-refractivity contribution in [1.82, 2.24) is 4.72 Å². The average Bonchev–Trinajstić information content (AvgIpc) is 3.37. The van der Waals surface area contributed by atoms with Crippen LogP contribution in [0.1, 0.15) is 28.5 Å². The van der Waals surface area contributed by atoms with Crippen LogP contribution in [0.5, 0.6) is 0 Å². The summed E-state index contributed by atoms with van der Waals surface area (Å²) in [5, 5.41) is 0. The molecule has 5 heteroatoms. The zero-order valence-electron chi connectivity index (χ0n) is 18.1. The summed E-state index contributed by atoms with van der Waals surface area (Å²) in [6.07, 6.45) is 3.40. The lowest BCUT2D eigenvalue weighted by atomic mass is 10.0. The number of hydrogen-bond donors (Lipinski definition) is 1. The van der Waals surface area contributed by atoms with Crippen LogP contribution in [-0.4, -0.2) is 8.42 Å². The van der Waals surface area contributed by atoms with Gasteiger partial charge < -0.3 is 4.42 Å². The first-order valence-corrected chi connectivity index (χ1v) is 12.0. The Balaban J connectivity index is 1.80. The third kappa shape index (κ3) is 5.89. The van der Waals surface area contributed by atoms with E-state index in [2.05, 4.69) is 16.6 Å². The van der Waals surface area contributed by atoms with Crippen LogP contribution in [0, 0.1) is 18.8 Å². The molecule has 0 radical (unpaired) electrons. The zero-order valence-corrected chi connectivity index (χ0v) is 18.9. The molecular formula is C28H23NO3S. The summed E-state index contributed by atoms with van der Waals surface area (Å²) < 4.78 is 34.9. The smallest absolute Gasteiger partial charge is 0.241 e. The van der Waals surface area contributed by atoms with Crippen LogP contribution in [0.4, 0.5) is 0 Å². The van der Waals surface area contributed by atoms with Gasteiger partial charge in [-0.25, -0.2) is 8.42 Å². The van der Waals surface area contributed by atoms with E-state index in [0.29, 0.717) is 11.3 Å². The maximum Gasteiger partial charge on any atom is 0.241 e. The minimum absolute atomic E-state index is 0.180. The van der Waals surface area contributed by atoms with Crippen LogP contribution in [0.2, 0.25) is 0 Å². The average molecular weight is 454 g/mol. The van der Waals surface area contributed by atoms with Gasteiger partial charge in [-0.3, -0.25) is 0 Å². The van der Waals surface area contributed by atoms with Crippen LogP contribution < -0.4 is 4.72 Å². The molecule has 33 heavy (non-hydrogen) atoms. The van der Waals surface area contributed by atoms with Crippen LogP contribution in [0.25, 0.3) is 6.08 Å².